The molecule has 0 fully saturated rings. The van der Waals surface area contributed by atoms with E-state index in [0.29, 0.717) is 43.1 Å². The Kier molecular flexibility index (Phi) is 37.0. The normalized spacial score (nSPS) is 15.0. The van der Waals surface area contributed by atoms with E-state index in [4.69, 9.17) is 18.5 Å². The van der Waals surface area contributed by atoms with Gasteiger partial charge in [0.05, 0.1) is 33.9 Å². The summed E-state index contributed by atoms with van der Waals surface area (Å²) < 4.78 is 34.1. The number of carbonyl (C=O) groups is 2. The van der Waals surface area contributed by atoms with Gasteiger partial charge in [0, 0.05) is 12.8 Å². The first-order valence-corrected chi connectivity index (χ1v) is 23.6. The van der Waals surface area contributed by atoms with Gasteiger partial charge in [-0.05, 0) is 83.5 Å². The fourth-order valence-electron chi connectivity index (χ4n) is 5.14. The average Bonchev–Trinajstić information content (AvgIpc) is 3.18. The third-order valence-electron chi connectivity index (χ3n) is 8.67. The zero-order valence-corrected chi connectivity index (χ0v) is 38.2. The SMILES string of the molecule is CCCCC/C=C\C/C=C\C/C=C\C/C=C\CCCC(=O)O[C@H](COC(=O)CCC/C=C/C=C\C(O)C/C=C\C/C=C\CCCCC)COP(=O)(O)OCC[N+](C)(C)C. The van der Waals surface area contributed by atoms with Crippen LogP contribution in [0.5, 0.6) is 0 Å². The van der Waals surface area contributed by atoms with E-state index in [-0.39, 0.29) is 26.1 Å². The lowest BCUT2D eigenvalue weighted by Gasteiger charge is -2.24. The van der Waals surface area contributed by atoms with Crippen molar-refractivity contribution >= 4 is 19.8 Å². The summed E-state index contributed by atoms with van der Waals surface area (Å²) in [6.07, 6.45) is 47.8. The van der Waals surface area contributed by atoms with Gasteiger partial charge >= 0.3 is 19.8 Å². The average molecular weight is 847 g/mol. The zero-order valence-electron chi connectivity index (χ0n) is 37.3. The number of allylic oxidation sites excluding steroid dienone is 14. The molecule has 0 aliphatic rings. The number of likely N-dealkylation sites (N-methyl/N-ethyl adjacent to an activating group) is 1. The third kappa shape index (κ3) is 42.8. The number of carbonyl (C=O) groups excluding carboxylic acids is 2. The molecule has 0 saturated carbocycles. The fourth-order valence-corrected chi connectivity index (χ4v) is 5.88. The van der Waals surface area contributed by atoms with E-state index in [1.165, 1.54) is 38.5 Å². The molecular weight excluding hydrogens is 766 g/mol. The van der Waals surface area contributed by atoms with Gasteiger partial charge in [0.15, 0.2) is 6.10 Å². The minimum atomic E-state index is -4.43. The Hall–Kier alpha value is -3.11. The van der Waals surface area contributed by atoms with Crippen LogP contribution in [0.4, 0.5) is 0 Å². The molecule has 2 unspecified atom stereocenters. The van der Waals surface area contributed by atoms with E-state index in [9.17, 15) is 24.2 Å². The Balaban J connectivity index is 4.66. The van der Waals surface area contributed by atoms with Crippen LogP contribution < -0.4 is 0 Å². The van der Waals surface area contributed by atoms with Crippen molar-refractivity contribution in [1.82, 2.24) is 0 Å². The molecule has 0 aromatic carbocycles. The lowest BCUT2D eigenvalue weighted by atomic mass is 10.2. The van der Waals surface area contributed by atoms with Gasteiger partial charge in [-0.15, -0.1) is 0 Å². The van der Waals surface area contributed by atoms with Crippen molar-refractivity contribution in [1.29, 1.82) is 0 Å². The molecule has 0 spiro atoms. The molecule has 0 bridgehead atoms. The van der Waals surface area contributed by atoms with E-state index in [1.54, 1.807) is 12.2 Å². The zero-order chi connectivity index (χ0) is 43.7. The number of unbranched alkanes of at least 4 members (excludes halogenated alkanes) is 8. The first kappa shape index (κ1) is 55.9. The molecule has 11 heteroatoms. The number of phosphoric ester groups is 1. The summed E-state index contributed by atoms with van der Waals surface area (Å²) in [5.41, 5.74) is 0. The molecule has 3 atom stereocenters. The summed E-state index contributed by atoms with van der Waals surface area (Å²) in [7, 11) is 1.35. The summed E-state index contributed by atoms with van der Waals surface area (Å²) in [6, 6.07) is 0. The summed E-state index contributed by atoms with van der Waals surface area (Å²) >= 11 is 0. The number of nitrogens with zero attached hydrogens (tertiary/aromatic N) is 1. The molecule has 0 saturated heterocycles. The smallest absolute Gasteiger partial charge is 0.462 e. The van der Waals surface area contributed by atoms with Crippen molar-refractivity contribution in [2.24, 2.45) is 0 Å². The summed E-state index contributed by atoms with van der Waals surface area (Å²) in [4.78, 5) is 35.3. The van der Waals surface area contributed by atoms with E-state index < -0.39 is 38.6 Å². The first-order valence-electron chi connectivity index (χ1n) is 22.1. The van der Waals surface area contributed by atoms with E-state index in [1.807, 2.05) is 45.4 Å². The van der Waals surface area contributed by atoms with Crippen molar-refractivity contribution in [3.05, 3.63) is 97.2 Å². The number of ether oxygens (including phenoxy) is 2. The monoisotopic (exact) mass is 847 g/mol. The molecule has 0 aliphatic carbocycles. The standard InChI is InChI=1S/C48H80NO9P/c1-6-8-10-12-14-16-17-18-19-20-21-22-23-25-27-31-36-40-48(52)58-46(44-57-59(53,54)56-42-41-49(3,4)5)43-55-47(51)39-35-32-28-30-34-38-45(50)37-33-29-26-24-15-13-11-9-7-2/h14-16,18-19,21-22,24-25,27-30,33-34,38,45-46,50H,6-13,17,20,23,26,31-32,35-37,39-44H2,1-5H3/p+1/b16-14-,19-18-,22-21-,24-15-,27-25-,30-28+,33-29-,38-34-/t45?,46-/m1/s1. The molecule has 0 aliphatic heterocycles. The highest BCUT2D eigenvalue weighted by Gasteiger charge is 2.27. The second-order valence-corrected chi connectivity index (χ2v) is 17.0. The number of esters is 2. The molecule has 0 heterocycles. The minimum Gasteiger partial charge on any atom is -0.462 e. The molecule has 0 aromatic heterocycles. The maximum Gasteiger partial charge on any atom is 0.472 e. The largest absolute Gasteiger partial charge is 0.472 e. The quantitative estimate of drug-likeness (QED) is 0.0156. The molecule has 0 amide bonds. The van der Waals surface area contributed by atoms with Gasteiger partial charge in [-0.1, -0.05) is 137 Å². The lowest BCUT2D eigenvalue weighted by molar-refractivity contribution is -0.870. The number of hydrogen-bond acceptors (Lipinski definition) is 8. The highest BCUT2D eigenvalue weighted by Crippen LogP contribution is 2.43. The van der Waals surface area contributed by atoms with Gasteiger partial charge < -0.3 is 24.0 Å². The van der Waals surface area contributed by atoms with Crippen molar-refractivity contribution in [3.63, 3.8) is 0 Å². The van der Waals surface area contributed by atoms with E-state index in [2.05, 4.69) is 74.6 Å². The van der Waals surface area contributed by atoms with Crippen LogP contribution >= 0.6 is 7.82 Å². The Morgan fingerprint density at radius 2 is 1.10 bits per heavy atom. The van der Waals surface area contributed by atoms with Crippen LogP contribution in [-0.2, 0) is 32.7 Å². The second-order valence-electron chi connectivity index (χ2n) is 15.6. The molecule has 336 valence electrons. The Morgan fingerprint density at radius 1 is 0.610 bits per heavy atom. The lowest BCUT2D eigenvalue weighted by Crippen LogP contribution is -2.37. The molecule has 59 heavy (non-hydrogen) atoms. The summed E-state index contributed by atoms with van der Waals surface area (Å²) in [5, 5.41) is 10.1. The Bertz CT molecular complexity index is 1340. The number of quaternary nitrogens is 1. The second kappa shape index (κ2) is 39.1. The van der Waals surface area contributed by atoms with Gasteiger partial charge in [-0.2, -0.15) is 0 Å². The van der Waals surface area contributed by atoms with Gasteiger partial charge in [-0.3, -0.25) is 18.6 Å². The van der Waals surface area contributed by atoms with Gasteiger partial charge in [0.2, 0.25) is 0 Å². The highest BCUT2D eigenvalue weighted by atomic mass is 31.2. The number of aliphatic hydroxyl groups is 1. The summed E-state index contributed by atoms with van der Waals surface area (Å²) in [5.74, 6) is -1.01. The summed E-state index contributed by atoms with van der Waals surface area (Å²) in [6.45, 7) is 4.10. The molecule has 0 rings (SSSR count). The number of hydrogen-bond donors (Lipinski definition) is 2. The van der Waals surface area contributed by atoms with Crippen LogP contribution in [0, 0.1) is 0 Å². The van der Waals surface area contributed by atoms with E-state index in [0.717, 1.165) is 38.5 Å². The van der Waals surface area contributed by atoms with E-state index >= 15 is 0 Å². The van der Waals surface area contributed by atoms with Crippen molar-refractivity contribution in [2.45, 2.75) is 148 Å². The van der Waals surface area contributed by atoms with Crippen LogP contribution in [0.1, 0.15) is 136 Å². The van der Waals surface area contributed by atoms with Gasteiger partial charge in [-0.25, -0.2) is 4.57 Å². The van der Waals surface area contributed by atoms with Crippen LogP contribution in [-0.4, -0.2) is 86.1 Å². The Morgan fingerprint density at radius 3 is 1.64 bits per heavy atom. The molecule has 0 aromatic rings. The van der Waals surface area contributed by atoms with Crippen LogP contribution in [0.15, 0.2) is 97.2 Å². The molecular formula is C48H81NO9P+. The third-order valence-corrected chi connectivity index (χ3v) is 9.65. The number of aliphatic hydroxyl groups excluding tert-OH is 1. The van der Waals surface area contributed by atoms with Crippen molar-refractivity contribution in [2.75, 3.05) is 47.5 Å². The predicted octanol–water partition coefficient (Wildman–Crippen LogP) is 11.5. The van der Waals surface area contributed by atoms with Gasteiger partial charge in [0.1, 0.15) is 19.8 Å². The van der Waals surface area contributed by atoms with Crippen molar-refractivity contribution in [3.8, 4) is 0 Å². The topological polar surface area (TPSA) is 129 Å². The maximum atomic E-state index is 12.7. The first-order chi connectivity index (χ1) is 28.4. The van der Waals surface area contributed by atoms with Crippen LogP contribution in [0.2, 0.25) is 0 Å². The highest BCUT2D eigenvalue weighted by molar-refractivity contribution is 7.47. The Labute approximate surface area is 358 Å². The van der Waals surface area contributed by atoms with Crippen LogP contribution in [0.25, 0.3) is 0 Å². The molecule has 0 radical (unpaired) electrons. The molecule has 2 N–H and O–H groups in total. The fraction of sp³-hybridized carbons (Fsp3) is 0.625. The van der Waals surface area contributed by atoms with Gasteiger partial charge in [0.25, 0.3) is 0 Å². The minimum absolute atomic E-state index is 0.00622. The number of phosphoric acid groups is 1. The molecule has 10 nitrogen and oxygen atoms in total. The maximum absolute atomic E-state index is 12.7. The predicted molar refractivity (Wildman–Crippen MR) is 244 cm³/mol. The van der Waals surface area contributed by atoms with Crippen LogP contribution in [0.3, 0.4) is 0 Å². The van der Waals surface area contributed by atoms with Crippen molar-refractivity contribution < 1.29 is 47.2 Å². The number of rotatable bonds is 38.